The van der Waals surface area contributed by atoms with Crippen LogP contribution in [0.5, 0.6) is 0 Å². The fraction of sp³-hybridized carbons (Fsp3) is 0.417. The van der Waals surface area contributed by atoms with E-state index in [4.69, 9.17) is 0 Å². The first-order chi connectivity index (χ1) is 15.0. The summed E-state index contributed by atoms with van der Waals surface area (Å²) in [4.78, 5) is 28.8. The van der Waals surface area contributed by atoms with Gasteiger partial charge in [0.2, 0.25) is 11.8 Å². The number of amides is 2. The van der Waals surface area contributed by atoms with Gasteiger partial charge in [0.25, 0.3) is 0 Å². The van der Waals surface area contributed by atoms with Crippen molar-refractivity contribution in [2.75, 3.05) is 51.1 Å². The molecule has 1 saturated heterocycles. The summed E-state index contributed by atoms with van der Waals surface area (Å²) in [5.41, 5.74) is 2.61. The fourth-order valence-corrected chi connectivity index (χ4v) is 3.75. The maximum absolute atomic E-state index is 13.6. The van der Waals surface area contributed by atoms with E-state index < -0.39 is 0 Å². The SMILES string of the molecule is CCc1ccccc1NC(=O)CN1CCN(CC(=O)NCCc2ccccc2F)CC1. The Morgan fingerprint density at radius 2 is 1.45 bits per heavy atom. The number of piperazine rings is 1. The van der Waals surface area contributed by atoms with Gasteiger partial charge in [-0.05, 0) is 36.1 Å². The molecule has 2 aromatic rings. The predicted molar refractivity (Wildman–Crippen MR) is 120 cm³/mol. The van der Waals surface area contributed by atoms with Crippen LogP contribution in [0.3, 0.4) is 0 Å². The molecule has 2 amide bonds. The fourth-order valence-electron chi connectivity index (χ4n) is 3.75. The van der Waals surface area contributed by atoms with Gasteiger partial charge in [-0.25, -0.2) is 4.39 Å². The first kappa shape index (κ1) is 22.9. The second-order valence-corrected chi connectivity index (χ2v) is 7.80. The van der Waals surface area contributed by atoms with E-state index >= 15 is 0 Å². The normalized spacial score (nSPS) is 14.9. The van der Waals surface area contributed by atoms with Crippen molar-refractivity contribution in [2.24, 2.45) is 0 Å². The highest BCUT2D eigenvalue weighted by molar-refractivity contribution is 5.93. The maximum atomic E-state index is 13.6. The van der Waals surface area contributed by atoms with Crippen molar-refractivity contribution >= 4 is 17.5 Å². The van der Waals surface area contributed by atoms with Crippen LogP contribution < -0.4 is 10.6 Å². The lowest BCUT2D eigenvalue weighted by molar-refractivity contribution is -0.123. The molecular weight excluding hydrogens is 395 g/mol. The molecule has 0 saturated carbocycles. The number of halogens is 1. The Kier molecular flexibility index (Phi) is 8.55. The average Bonchev–Trinajstić information content (AvgIpc) is 2.77. The molecule has 1 aliphatic rings. The van der Waals surface area contributed by atoms with E-state index in [2.05, 4.69) is 27.4 Å². The molecule has 7 heteroatoms. The summed E-state index contributed by atoms with van der Waals surface area (Å²) < 4.78 is 13.6. The van der Waals surface area contributed by atoms with E-state index in [1.807, 2.05) is 24.3 Å². The zero-order valence-electron chi connectivity index (χ0n) is 18.1. The molecule has 0 aromatic heterocycles. The first-order valence-electron chi connectivity index (χ1n) is 10.9. The van der Waals surface area contributed by atoms with Crippen molar-refractivity contribution in [3.63, 3.8) is 0 Å². The minimum absolute atomic E-state index is 0.0137. The second-order valence-electron chi connectivity index (χ2n) is 7.80. The number of carbonyl (C=O) groups is 2. The van der Waals surface area contributed by atoms with Gasteiger partial charge in [0.15, 0.2) is 0 Å². The largest absolute Gasteiger partial charge is 0.355 e. The summed E-state index contributed by atoms with van der Waals surface area (Å²) in [6.07, 6.45) is 1.35. The number of para-hydroxylation sites is 1. The number of aryl methyl sites for hydroxylation is 1. The summed E-state index contributed by atoms with van der Waals surface area (Å²) in [7, 11) is 0. The van der Waals surface area contributed by atoms with Crippen LogP contribution in [0, 0.1) is 5.82 Å². The van der Waals surface area contributed by atoms with E-state index in [-0.39, 0.29) is 17.6 Å². The van der Waals surface area contributed by atoms with Gasteiger partial charge in [-0.1, -0.05) is 43.3 Å². The molecule has 6 nitrogen and oxygen atoms in total. The van der Waals surface area contributed by atoms with Crippen LogP contribution in [0.4, 0.5) is 10.1 Å². The van der Waals surface area contributed by atoms with Gasteiger partial charge in [-0.2, -0.15) is 0 Å². The van der Waals surface area contributed by atoms with Crippen molar-refractivity contribution in [1.29, 1.82) is 0 Å². The van der Waals surface area contributed by atoms with Crippen molar-refractivity contribution in [2.45, 2.75) is 19.8 Å². The Bertz CT molecular complexity index is 881. The van der Waals surface area contributed by atoms with Crippen LogP contribution >= 0.6 is 0 Å². The van der Waals surface area contributed by atoms with Gasteiger partial charge in [-0.3, -0.25) is 19.4 Å². The van der Waals surface area contributed by atoms with E-state index in [0.29, 0.717) is 31.6 Å². The molecule has 1 heterocycles. The van der Waals surface area contributed by atoms with Gasteiger partial charge >= 0.3 is 0 Å². The van der Waals surface area contributed by atoms with Crippen LogP contribution in [-0.2, 0) is 22.4 Å². The lowest BCUT2D eigenvalue weighted by Crippen LogP contribution is -2.51. The number of hydrogen-bond acceptors (Lipinski definition) is 4. The van der Waals surface area contributed by atoms with Gasteiger partial charge in [0.1, 0.15) is 5.82 Å². The Hall–Kier alpha value is -2.77. The quantitative estimate of drug-likeness (QED) is 0.646. The molecule has 2 N–H and O–H groups in total. The summed E-state index contributed by atoms with van der Waals surface area (Å²) >= 11 is 0. The monoisotopic (exact) mass is 426 g/mol. The van der Waals surface area contributed by atoms with Crippen molar-refractivity contribution in [1.82, 2.24) is 15.1 Å². The van der Waals surface area contributed by atoms with Crippen LogP contribution in [0.25, 0.3) is 0 Å². The first-order valence-corrected chi connectivity index (χ1v) is 10.9. The summed E-state index contributed by atoms with van der Waals surface area (Å²) in [6.45, 7) is 6.11. The smallest absolute Gasteiger partial charge is 0.238 e. The molecule has 0 bridgehead atoms. The minimum atomic E-state index is -0.241. The average molecular weight is 427 g/mol. The number of rotatable bonds is 9. The molecule has 3 rings (SSSR count). The molecule has 0 radical (unpaired) electrons. The lowest BCUT2D eigenvalue weighted by atomic mass is 10.1. The van der Waals surface area contributed by atoms with Crippen molar-refractivity contribution < 1.29 is 14.0 Å². The molecule has 31 heavy (non-hydrogen) atoms. The van der Waals surface area contributed by atoms with Crippen molar-refractivity contribution in [3.05, 3.63) is 65.5 Å². The number of nitrogens with zero attached hydrogens (tertiary/aromatic N) is 2. The van der Waals surface area contributed by atoms with Gasteiger partial charge in [-0.15, -0.1) is 0 Å². The Morgan fingerprint density at radius 1 is 0.871 bits per heavy atom. The number of carbonyl (C=O) groups excluding carboxylic acids is 2. The van der Waals surface area contributed by atoms with E-state index in [0.717, 1.165) is 43.9 Å². The van der Waals surface area contributed by atoms with Crippen molar-refractivity contribution in [3.8, 4) is 0 Å². The third kappa shape index (κ3) is 7.15. The number of nitrogens with one attached hydrogen (secondary N) is 2. The molecule has 1 aliphatic heterocycles. The Balaban J connectivity index is 1.34. The van der Waals surface area contributed by atoms with Gasteiger partial charge in [0, 0.05) is 38.4 Å². The number of hydrogen-bond donors (Lipinski definition) is 2. The third-order valence-electron chi connectivity index (χ3n) is 5.55. The molecule has 0 atom stereocenters. The van der Waals surface area contributed by atoms with Gasteiger partial charge < -0.3 is 10.6 Å². The minimum Gasteiger partial charge on any atom is -0.355 e. The molecular formula is C24H31FN4O2. The van der Waals surface area contributed by atoms with E-state index in [1.54, 1.807) is 18.2 Å². The highest BCUT2D eigenvalue weighted by Crippen LogP contribution is 2.15. The zero-order valence-corrected chi connectivity index (χ0v) is 18.1. The highest BCUT2D eigenvalue weighted by atomic mass is 19.1. The molecule has 0 spiro atoms. The summed E-state index contributed by atoms with van der Waals surface area (Å²) in [5.74, 6) is -0.311. The molecule has 0 unspecified atom stereocenters. The molecule has 1 fully saturated rings. The van der Waals surface area contributed by atoms with Crippen LogP contribution in [0.15, 0.2) is 48.5 Å². The van der Waals surface area contributed by atoms with E-state index in [1.165, 1.54) is 6.07 Å². The standard InChI is InChI=1S/C24H31FN4O2/c1-2-19-7-4-6-10-22(19)27-24(31)18-29-15-13-28(14-16-29)17-23(30)26-12-11-20-8-3-5-9-21(20)25/h3-10H,2,11-18H2,1H3,(H,26,30)(H,27,31). The highest BCUT2D eigenvalue weighted by Gasteiger charge is 2.20. The molecule has 0 aliphatic carbocycles. The van der Waals surface area contributed by atoms with Crippen LogP contribution in [0.2, 0.25) is 0 Å². The Labute approximate surface area is 183 Å². The zero-order chi connectivity index (χ0) is 22.1. The molecule has 166 valence electrons. The molecule has 2 aromatic carbocycles. The topological polar surface area (TPSA) is 64.7 Å². The Morgan fingerprint density at radius 3 is 2.10 bits per heavy atom. The van der Waals surface area contributed by atoms with Crippen LogP contribution in [-0.4, -0.2) is 67.4 Å². The second kappa shape index (κ2) is 11.6. The van der Waals surface area contributed by atoms with Crippen LogP contribution in [0.1, 0.15) is 18.1 Å². The third-order valence-corrected chi connectivity index (χ3v) is 5.55. The van der Waals surface area contributed by atoms with E-state index in [9.17, 15) is 14.0 Å². The summed E-state index contributed by atoms with van der Waals surface area (Å²) in [5, 5.41) is 5.87. The maximum Gasteiger partial charge on any atom is 0.238 e. The number of benzene rings is 2. The van der Waals surface area contributed by atoms with Gasteiger partial charge in [0.05, 0.1) is 13.1 Å². The lowest BCUT2D eigenvalue weighted by Gasteiger charge is -2.33. The predicted octanol–water partition coefficient (Wildman–Crippen LogP) is 2.30. The summed E-state index contributed by atoms with van der Waals surface area (Å²) in [6, 6.07) is 14.5. The number of anilines is 1.